The maximum absolute atomic E-state index is 12.6. The second-order valence-electron chi connectivity index (χ2n) is 8.01. The third-order valence-corrected chi connectivity index (χ3v) is 5.86. The number of nitrogens with zero attached hydrogens (tertiary/aromatic N) is 4. The van der Waals surface area contributed by atoms with Crippen molar-refractivity contribution < 1.29 is 14.3 Å². The molecule has 35 heavy (non-hydrogen) atoms. The number of pyridine rings is 1. The number of carbonyl (C=O) groups is 1. The quantitative estimate of drug-likeness (QED) is 0.332. The number of unbranched alkanes of at least 4 members (excludes halogenated alkanes) is 1. The monoisotopic (exact) mass is 499 g/mol. The molecule has 0 aliphatic carbocycles. The van der Waals surface area contributed by atoms with Gasteiger partial charge in [-0.1, -0.05) is 31.9 Å². The summed E-state index contributed by atoms with van der Waals surface area (Å²) in [6.07, 6.45) is 3.98. The summed E-state index contributed by atoms with van der Waals surface area (Å²) in [5, 5.41) is 1.25. The number of hydrogen-bond acceptors (Lipinski definition) is 7. The van der Waals surface area contributed by atoms with Crippen LogP contribution >= 0.6 is 11.6 Å². The number of rotatable bonds is 10. The van der Waals surface area contributed by atoms with Crippen molar-refractivity contribution in [2.75, 3.05) is 6.61 Å². The molecule has 11 heteroatoms. The number of halogens is 1. The van der Waals surface area contributed by atoms with Gasteiger partial charge in [-0.05, 0) is 37.1 Å². The SMILES string of the molecule is CCCCn1c(=O)[nH]c(=O)c2c1nc(COC(=O)COc1ccc(Cl)c3cccnc13)n2CCC. The molecular formula is C24H26ClN5O5. The van der Waals surface area contributed by atoms with Gasteiger partial charge in [-0.25, -0.2) is 14.6 Å². The maximum Gasteiger partial charge on any atom is 0.344 e. The highest BCUT2D eigenvalue weighted by Gasteiger charge is 2.19. The molecule has 184 valence electrons. The van der Waals surface area contributed by atoms with Gasteiger partial charge < -0.3 is 14.0 Å². The summed E-state index contributed by atoms with van der Waals surface area (Å²) in [6, 6.07) is 6.90. The number of nitrogens with one attached hydrogen (secondary N) is 1. The van der Waals surface area contributed by atoms with Crippen molar-refractivity contribution in [1.82, 2.24) is 24.1 Å². The number of ether oxygens (including phenoxy) is 2. The fraction of sp³-hybridized carbons (Fsp3) is 0.375. The van der Waals surface area contributed by atoms with E-state index in [4.69, 9.17) is 21.1 Å². The third-order valence-electron chi connectivity index (χ3n) is 5.53. The van der Waals surface area contributed by atoms with Gasteiger partial charge in [0.2, 0.25) is 0 Å². The number of aromatic amines is 1. The standard InChI is InChI=1S/C24H26ClN5O5/c1-3-5-12-30-22-21(23(32)28-24(30)33)29(11-4-2)18(27-22)13-35-19(31)14-34-17-9-8-16(25)15-7-6-10-26-20(15)17/h6-10H,3-5,11-14H2,1-2H3,(H,28,32,33). The number of esters is 1. The van der Waals surface area contributed by atoms with Crippen LogP contribution in [0, 0.1) is 0 Å². The Morgan fingerprint density at radius 2 is 1.94 bits per heavy atom. The Labute approximate surface area is 205 Å². The zero-order valence-electron chi connectivity index (χ0n) is 19.5. The Kier molecular flexibility index (Phi) is 7.50. The average Bonchev–Trinajstić information content (AvgIpc) is 3.21. The highest BCUT2D eigenvalue weighted by molar-refractivity contribution is 6.35. The molecule has 1 aromatic carbocycles. The molecule has 0 aliphatic rings. The van der Waals surface area contributed by atoms with Gasteiger partial charge in [0.25, 0.3) is 5.56 Å². The lowest BCUT2D eigenvalue weighted by molar-refractivity contribution is -0.147. The number of carbonyl (C=O) groups excluding carboxylic acids is 1. The second kappa shape index (κ2) is 10.7. The van der Waals surface area contributed by atoms with Crippen LogP contribution in [0.15, 0.2) is 40.1 Å². The van der Waals surface area contributed by atoms with Gasteiger partial charge in [-0.2, -0.15) is 0 Å². The molecule has 3 aromatic heterocycles. The van der Waals surface area contributed by atoms with E-state index in [1.165, 1.54) is 4.57 Å². The molecule has 4 aromatic rings. The van der Waals surface area contributed by atoms with Crippen LogP contribution in [0.25, 0.3) is 22.1 Å². The number of fused-ring (bicyclic) bond motifs is 2. The Bertz CT molecular complexity index is 1490. The third kappa shape index (κ3) is 5.07. The van der Waals surface area contributed by atoms with Crippen molar-refractivity contribution in [3.8, 4) is 5.75 Å². The molecule has 0 spiro atoms. The van der Waals surface area contributed by atoms with E-state index < -0.39 is 17.2 Å². The summed E-state index contributed by atoms with van der Waals surface area (Å²) >= 11 is 6.20. The molecule has 0 bridgehead atoms. The first-order valence-electron chi connectivity index (χ1n) is 11.5. The van der Waals surface area contributed by atoms with E-state index in [0.717, 1.165) is 19.3 Å². The maximum atomic E-state index is 12.6. The lowest BCUT2D eigenvalue weighted by atomic mass is 10.2. The summed E-state index contributed by atoms with van der Waals surface area (Å²) in [7, 11) is 0. The predicted octanol–water partition coefficient (Wildman–Crippen LogP) is 3.42. The molecule has 0 saturated carbocycles. The van der Waals surface area contributed by atoms with E-state index in [9.17, 15) is 14.4 Å². The minimum Gasteiger partial charge on any atom is -0.480 e. The van der Waals surface area contributed by atoms with Gasteiger partial charge in [0.05, 0.1) is 5.02 Å². The zero-order valence-corrected chi connectivity index (χ0v) is 20.3. The molecule has 3 heterocycles. The van der Waals surface area contributed by atoms with E-state index in [0.29, 0.717) is 51.8 Å². The zero-order chi connectivity index (χ0) is 24.9. The van der Waals surface area contributed by atoms with Crippen LogP contribution < -0.4 is 16.0 Å². The largest absolute Gasteiger partial charge is 0.480 e. The van der Waals surface area contributed by atoms with Crippen molar-refractivity contribution in [2.45, 2.75) is 52.8 Å². The molecule has 0 atom stereocenters. The number of aryl methyl sites for hydroxylation is 2. The van der Waals surface area contributed by atoms with Crippen LogP contribution in [-0.4, -0.2) is 36.7 Å². The predicted molar refractivity (Wildman–Crippen MR) is 132 cm³/mol. The highest BCUT2D eigenvalue weighted by atomic mass is 35.5. The number of hydrogen-bond donors (Lipinski definition) is 1. The first kappa shape index (κ1) is 24.5. The number of aromatic nitrogens is 5. The summed E-state index contributed by atoms with van der Waals surface area (Å²) < 4.78 is 14.2. The normalized spacial score (nSPS) is 11.3. The van der Waals surface area contributed by atoms with E-state index in [2.05, 4.69) is 15.0 Å². The Balaban J connectivity index is 1.54. The van der Waals surface area contributed by atoms with Crippen molar-refractivity contribution in [2.24, 2.45) is 0 Å². The lowest BCUT2D eigenvalue weighted by Gasteiger charge is -2.10. The van der Waals surface area contributed by atoms with Crippen molar-refractivity contribution in [3.05, 3.63) is 62.1 Å². The average molecular weight is 500 g/mol. The lowest BCUT2D eigenvalue weighted by Crippen LogP contribution is -2.31. The van der Waals surface area contributed by atoms with Gasteiger partial charge in [0, 0.05) is 24.7 Å². The van der Waals surface area contributed by atoms with E-state index in [1.54, 1.807) is 29.0 Å². The molecule has 10 nitrogen and oxygen atoms in total. The van der Waals surface area contributed by atoms with E-state index >= 15 is 0 Å². The first-order valence-corrected chi connectivity index (χ1v) is 11.9. The number of imidazole rings is 1. The number of benzene rings is 1. The Morgan fingerprint density at radius 3 is 2.71 bits per heavy atom. The van der Waals surface area contributed by atoms with Crippen LogP contribution in [0.3, 0.4) is 0 Å². The molecule has 4 rings (SSSR count). The van der Waals surface area contributed by atoms with Gasteiger partial charge in [-0.3, -0.25) is 19.3 Å². The fourth-order valence-electron chi connectivity index (χ4n) is 3.87. The summed E-state index contributed by atoms with van der Waals surface area (Å²) in [5.41, 5.74) is 0.117. The van der Waals surface area contributed by atoms with Gasteiger partial charge in [0.15, 0.2) is 17.8 Å². The Hall–Kier alpha value is -3.66. The van der Waals surface area contributed by atoms with Crippen LogP contribution in [0.4, 0.5) is 0 Å². The van der Waals surface area contributed by atoms with Crippen LogP contribution in [0.5, 0.6) is 5.75 Å². The van der Waals surface area contributed by atoms with Gasteiger partial charge in [-0.15, -0.1) is 0 Å². The minimum absolute atomic E-state index is 0.169. The topological polar surface area (TPSA) is 121 Å². The molecule has 0 amide bonds. The van der Waals surface area contributed by atoms with Crippen molar-refractivity contribution >= 4 is 39.6 Å². The molecule has 0 radical (unpaired) electrons. The molecular weight excluding hydrogens is 474 g/mol. The van der Waals surface area contributed by atoms with Crippen molar-refractivity contribution in [3.63, 3.8) is 0 Å². The van der Waals surface area contributed by atoms with Crippen LogP contribution in [0.2, 0.25) is 5.02 Å². The first-order chi connectivity index (χ1) is 16.9. The Morgan fingerprint density at radius 1 is 1.11 bits per heavy atom. The number of H-pyrrole nitrogens is 1. The van der Waals surface area contributed by atoms with Crippen LogP contribution in [-0.2, 0) is 29.2 Å². The highest BCUT2D eigenvalue weighted by Crippen LogP contribution is 2.29. The van der Waals surface area contributed by atoms with Crippen molar-refractivity contribution in [1.29, 1.82) is 0 Å². The second-order valence-corrected chi connectivity index (χ2v) is 8.42. The summed E-state index contributed by atoms with van der Waals surface area (Å²) in [4.78, 5) is 48.6. The van der Waals surface area contributed by atoms with Gasteiger partial charge >= 0.3 is 11.7 Å². The molecule has 0 unspecified atom stereocenters. The molecule has 0 aliphatic heterocycles. The molecule has 0 saturated heterocycles. The molecule has 0 fully saturated rings. The van der Waals surface area contributed by atoms with E-state index in [1.807, 2.05) is 19.9 Å². The smallest absolute Gasteiger partial charge is 0.344 e. The fourth-order valence-corrected chi connectivity index (χ4v) is 4.08. The summed E-state index contributed by atoms with van der Waals surface area (Å²) in [5.74, 6) is 0.179. The minimum atomic E-state index is -0.614. The molecule has 1 N–H and O–H groups in total. The van der Waals surface area contributed by atoms with Crippen LogP contribution in [0.1, 0.15) is 38.9 Å². The summed E-state index contributed by atoms with van der Waals surface area (Å²) in [6.45, 7) is 4.38. The van der Waals surface area contributed by atoms with E-state index in [-0.39, 0.29) is 13.2 Å². The van der Waals surface area contributed by atoms with Gasteiger partial charge in [0.1, 0.15) is 23.7 Å².